The summed E-state index contributed by atoms with van der Waals surface area (Å²) in [6, 6.07) is 26.3. The van der Waals surface area contributed by atoms with E-state index in [1.165, 1.54) is 58.0 Å². The number of carboxylic acids is 1. The number of fused-ring (bicyclic) bond motifs is 6. The van der Waals surface area contributed by atoms with Gasteiger partial charge in [0.15, 0.2) is 0 Å². The first-order valence-electron chi connectivity index (χ1n) is 19.0. The molecule has 4 aromatic carbocycles. The lowest BCUT2D eigenvalue weighted by Crippen LogP contribution is -2.12. The lowest BCUT2D eigenvalue weighted by Gasteiger charge is -2.13. The molecular formula is C46H46O5S4. The Hall–Kier alpha value is -4.54. The molecule has 0 atom stereocenters. The van der Waals surface area contributed by atoms with Crippen molar-refractivity contribution in [3.8, 4) is 11.5 Å². The minimum absolute atomic E-state index is 0.247. The van der Waals surface area contributed by atoms with Gasteiger partial charge in [-0.15, -0.1) is 45.3 Å². The van der Waals surface area contributed by atoms with E-state index in [-0.39, 0.29) is 5.97 Å². The van der Waals surface area contributed by atoms with Gasteiger partial charge in [-0.05, 0) is 118 Å². The monoisotopic (exact) mass is 806 g/mol. The summed E-state index contributed by atoms with van der Waals surface area (Å²) < 4.78 is 10.6. The molecule has 0 amide bonds. The third-order valence-corrected chi connectivity index (χ3v) is 13.5. The summed E-state index contributed by atoms with van der Waals surface area (Å²) in [4.78, 5) is 25.0. The third-order valence-electron chi connectivity index (χ3n) is 9.55. The number of rotatable bonds is 13. The number of hydrogen-bond acceptors (Lipinski definition) is 8. The van der Waals surface area contributed by atoms with E-state index in [1.807, 2.05) is 47.8 Å². The van der Waals surface area contributed by atoms with Crippen LogP contribution in [0.5, 0.6) is 11.5 Å². The molecule has 0 bridgehead atoms. The Bertz CT molecular complexity index is 2450. The van der Waals surface area contributed by atoms with Crippen LogP contribution in [0.15, 0.2) is 106 Å². The highest BCUT2D eigenvalue weighted by Crippen LogP contribution is 2.41. The fourth-order valence-electron chi connectivity index (χ4n) is 6.93. The third kappa shape index (κ3) is 9.65. The Kier molecular flexibility index (Phi) is 14.5. The average Bonchev–Trinajstić information content (AvgIpc) is 4.03. The van der Waals surface area contributed by atoms with E-state index >= 15 is 0 Å². The number of carbonyl (C=O) groups excluding carboxylic acids is 1. The Morgan fingerprint density at radius 1 is 0.527 bits per heavy atom. The summed E-state index contributed by atoms with van der Waals surface area (Å²) in [7, 11) is 0. The number of thiophene rings is 4. The van der Waals surface area contributed by atoms with Gasteiger partial charge in [-0.25, -0.2) is 9.59 Å². The van der Waals surface area contributed by atoms with Crippen molar-refractivity contribution in [2.24, 2.45) is 0 Å². The van der Waals surface area contributed by atoms with Gasteiger partial charge < -0.3 is 14.9 Å². The van der Waals surface area contributed by atoms with E-state index in [2.05, 4.69) is 48.2 Å². The summed E-state index contributed by atoms with van der Waals surface area (Å²) in [6.45, 7) is 4.41. The second-order valence-electron chi connectivity index (χ2n) is 13.3. The Morgan fingerprint density at radius 3 is 1.38 bits per heavy atom. The zero-order chi connectivity index (χ0) is 38.6. The van der Waals surface area contributed by atoms with Crippen molar-refractivity contribution in [2.75, 3.05) is 0 Å². The second kappa shape index (κ2) is 19.9. The molecule has 2 N–H and O–H groups in total. The van der Waals surface area contributed by atoms with Gasteiger partial charge in [0.05, 0.1) is 29.9 Å². The molecule has 0 saturated carbocycles. The van der Waals surface area contributed by atoms with Gasteiger partial charge in [-0.2, -0.15) is 0 Å². The van der Waals surface area contributed by atoms with Crippen molar-refractivity contribution >= 4 is 97.6 Å². The molecule has 8 aromatic rings. The van der Waals surface area contributed by atoms with Crippen LogP contribution >= 0.6 is 45.3 Å². The summed E-state index contributed by atoms with van der Waals surface area (Å²) >= 11 is 6.82. The number of esters is 1. The molecule has 4 heterocycles. The number of aromatic hydroxyl groups is 1. The van der Waals surface area contributed by atoms with E-state index in [9.17, 15) is 14.7 Å². The molecular weight excluding hydrogens is 761 g/mol. The van der Waals surface area contributed by atoms with E-state index in [4.69, 9.17) is 9.84 Å². The van der Waals surface area contributed by atoms with Gasteiger partial charge in [0.25, 0.3) is 0 Å². The molecule has 0 saturated heterocycles. The van der Waals surface area contributed by atoms with Crippen LogP contribution in [-0.2, 0) is 12.8 Å². The Balaban J connectivity index is 0.000000162. The average molecular weight is 807 g/mol. The van der Waals surface area contributed by atoms with E-state index < -0.39 is 5.97 Å². The Morgan fingerprint density at radius 2 is 0.945 bits per heavy atom. The minimum Gasteiger partial charge on any atom is -0.508 e. The van der Waals surface area contributed by atoms with Gasteiger partial charge in [-0.3, -0.25) is 0 Å². The largest absolute Gasteiger partial charge is 0.508 e. The lowest BCUT2D eigenvalue weighted by atomic mass is 9.95. The van der Waals surface area contributed by atoms with Crippen LogP contribution in [0.4, 0.5) is 0 Å². The van der Waals surface area contributed by atoms with Crippen LogP contribution in [0.2, 0.25) is 0 Å². The number of unbranched alkanes of at least 4 members (excludes halogenated alkanes) is 6. The summed E-state index contributed by atoms with van der Waals surface area (Å²) in [6.07, 6.45) is 11.2. The number of ether oxygens (including phenoxy) is 1. The number of hydrogen-bond donors (Lipinski definition) is 2. The fourth-order valence-corrected chi connectivity index (χ4v) is 11.0. The zero-order valence-corrected chi connectivity index (χ0v) is 34.5. The molecule has 5 nitrogen and oxygen atoms in total. The molecule has 0 radical (unpaired) electrons. The van der Waals surface area contributed by atoms with Gasteiger partial charge in [-0.1, -0.05) is 88.8 Å². The van der Waals surface area contributed by atoms with Crippen LogP contribution in [-0.4, -0.2) is 22.2 Å². The van der Waals surface area contributed by atoms with Crippen molar-refractivity contribution in [3.05, 3.63) is 129 Å². The van der Waals surface area contributed by atoms with Crippen LogP contribution in [0, 0.1) is 0 Å². The highest BCUT2D eigenvalue weighted by atomic mass is 32.1. The molecule has 55 heavy (non-hydrogen) atoms. The maximum Gasteiger partial charge on any atom is 0.344 e. The standard InChI is InChI=1S/C23H22O2S2.C17H18O2S2.C6H6O/c1-2-3-4-8-11-17-18-12-14-26-21(18)22-19(13-15-27-22)20(17)23(24)25-16-9-6-5-7-10-16;1-2-3-4-5-6-11-12-7-9-20-15(12)16-13(8-10-21-16)14(11)17(18)19;7-6-4-2-1-3-5-6/h5-7,9-10,12-15H,2-4,8,11H2,1H3;7-10H,2-6H2,1H3,(H,18,19);1-5,7H. The number of aryl methyl sites for hydroxylation is 2. The fraction of sp³-hybridized carbons (Fsp3) is 0.261. The highest BCUT2D eigenvalue weighted by Gasteiger charge is 2.23. The van der Waals surface area contributed by atoms with Crippen LogP contribution in [0.1, 0.15) is 97.1 Å². The van der Waals surface area contributed by atoms with Gasteiger partial charge in [0.2, 0.25) is 0 Å². The number of benzene rings is 4. The number of carboxylic acid groups (broad SMARTS) is 1. The van der Waals surface area contributed by atoms with Gasteiger partial charge in [0.1, 0.15) is 11.5 Å². The zero-order valence-electron chi connectivity index (χ0n) is 31.2. The van der Waals surface area contributed by atoms with Crippen molar-refractivity contribution in [2.45, 2.75) is 78.1 Å². The van der Waals surface area contributed by atoms with E-state index in [0.29, 0.717) is 17.1 Å². The SMILES string of the molecule is CCCCCCc1c(C(=O)O)c2ccsc2c2sccc12.CCCCCCc1c(C(=O)Oc2ccccc2)c2ccsc2c2sccc12.Oc1ccccc1. The second-order valence-corrected chi connectivity index (χ2v) is 17.0. The van der Waals surface area contributed by atoms with E-state index in [1.54, 1.807) is 69.6 Å². The molecule has 0 aliphatic heterocycles. The number of phenolic OH excluding ortho intramolecular Hbond substituents is 1. The molecule has 0 aliphatic rings. The predicted octanol–water partition coefficient (Wildman–Crippen LogP) is 14.8. The quantitative estimate of drug-likeness (QED) is 0.0689. The predicted molar refractivity (Wildman–Crippen MR) is 237 cm³/mol. The number of para-hydroxylation sites is 2. The molecule has 0 spiro atoms. The van der Waals surface area contributed by atoms with E-state index in [0.717, 1.165) is 63.2 Å². The number of aromatic carboxylic acids is 1. The normalized spacial score (nSPS) is 11.0. The van der Waals surface area contributed by atoms with Crippen LogP contribution < -0.4 is 4.74 Å². The molecule has 0 aliphatic carbocycles. The number of carbonyl (C=O) groups is 2. The van der Waals surface area contributed by atoms with Gasteiger partial charge >= 0.3 is 11.9 Å². The van der Waals surface area contributed by atoms with Crippen molar-refractivity contribution in [1.29, 1.82) is 0 Å². The molecule has 0 unspecified atom stereocenters. The summed E-state index contributed by atoms with van der Waals surface area (Å²) in [5.41, 5.74) is 3.45. The van der Waals surface area contributed by atoms with Crippen LogP contribution in [0.25, 0.3) is 40.3 Å². The summed E-state index contributed by atoms with van der Waals surface area (Å²) in [5.74, 6) is -0.129. The first kappa shape index (κ1) is 40.1. The lowest BCUT2D eigenvalue weighted by molar-refractivity contribution is 0.0695. The van der Waals surface area contributed by atoms with Gasteiger partial charge in [0, 0.05) is 10.8 Å². The summed E-state index contributed by atoms with van der Waals surface area (Å²) in [5, 5.41) is 30.9. The maximum absolute atomic E-state index is 13.2. The van der Waals surface area contributed by atoms with Crippen molar-refractivity contribution in [3.63, 3.8) is 0 Å². The molecule has 9 heteroatoms. The highest BCUT2D eigenvalue weighted by molar-refractivity contribution is 7.26. The molecule has 8 rings (SSSR count). The first-order valence-corrected chi connectivity index (χ1v) is 22.5. The van der Waals surface area contributed by atoms with Crippen LogP contribution in [0.3, 0.4) is 0 Å². The smallest absolute Gasteiger partial charge is 0.344 e. The Labute approximate surface area is 338 Å². The number of phenols is 1. The maximum atomic E-state index is 13.2. The van der Waals surface area contributed by atoms with Crippen molar-refractivity contribution in [1.82, 2.24) is 0 Å². The molecule has 0 fully saturated rings. The molecule has 284 valence electrons. The molecule has 4 aromatic heterocycles. The minimum atomic E-state index is -0.794. The topological polar surface area (TPSA) is 83.8 Å². The first-order chi connectivity index (χ1) is 26.9. The van der Waals surface area contributed by atoms with Crippen molar-refractivity contribution < 1.29 is 24.5 Å².